The topological polar surface area (TPSA) is 53.1 Å². The molecule has 17 heavy (non-hydrogen) atoms. The Morgan fingerprint density at radius 1 is 1.35 bits per heavy atom. The van der Waals surface area contributed by atoms with E-state index in [1.165, 1.54) is 0 Å². The lowest BCUT2D eigenvalue weighted by Gasteiger charge is -2.12. The maximum atomic E-state index is 6.13. The summed E-state index contributed by atoms with van der Waals surface area (Å²) in [5.41, 5.74) is 8.14. The van der Waals surface area contributed by atoms with Crippen molar-refractivity contribution in [1.29, 1.82) is 0 Å². The van der Waals surface area contributed by atoms with Gasteiger partial charge in [-0.3, -0.25) is 4.68 Å². The van der Waals surface area contributed by atoms with Gasteiger partial charge in [-0.15, -0.1) is 0 Å². The van der Waals surface area contributed by atoms with Crippen LogP contribution in [0.2, 0.25) is 0 Å². The Bertz CT molecular complexity index is 493. The van der Waals surface area contributed by atoms with Gasteiger partial charge < -0.3 is 10.5 Å². The van der Waals surface area contributed by atoms with Gasteiger partial charge in [0.1, 0.15) is 5.75 Å². The van der Waals surface area contributed by atoms with Crippen LogP contribution in [0.25, 0.3) is 0 Å². The average Bonchev–Trinajstić information content (AvgIpc) is 2.77. The van der Waals surface area contributed by atoms with Gasteiger partial charge in [-0.25, -0.2) is 0 Å². The van der Waals surface area contributed by atoms with Crippen LogP contribution in [0.15, 0.2) is 36.5 Å². The third-order valence-corrected chi connectivity index (χ3v) is 2.75. The van der Waals surface area contributed by atoms with Crippen molar-refractivity contribution in [2.75, 3.05) is 7.11 Å². The Labute approximate surface area is 101 Å². The lowest BCUT2D eigenvalue weighted by molar-refractivity contribution is 0.408. The number of nitrogens with two attached hydrogens (primary N) is 1. The summed E-state index contributed by atoms with van der Waals surface area (Å²) in [6, 6.07) is 9.76. The molecule has 0 aliphatic rings. The van der Waals surface area contributed by atoms with Gasteiger partial charge in [-0.2, -0.15) is 5.10 Å². The van der Waals surface area contributed by atoms with E-state index in [1.54, 1.807) is 11.8 Å². The molecule has 1 unspecified atom stereocenters. The van der Waals surface area contributed by atoms with Crippen LogP contribution >= 0.6 is 0 Å². The molecular formula is C13H17N3O. The van der Waals surface area contributed by atoms with E-state index in [9.17, 15) is 0 Å². The summed E-state index contributed by atoms with van der Waals surface area (Å²) in [6.45, 7) is 0. The quantitative estimate of drug-likeness (QED) is 0.870. The minimum absolute atomic E-state index is 0.104. The van der Waals surface area contributed by atoms with E-state index in [2.05, 4.69) is 5.10 Å². The van der Waals surface area contributed by atoms with Gasteiger partial charge in [0.15, 0.2) is 0 Å². The Hall–Kier alpha value is -1.81. The molecule has 1 aromatic heterocycles. The molecule has 0 amide bonds. The van der Waals surface area contributed by atoms with Crippen molar-refractivity contribution < 1.29 is 4.74 Å². The Balaban J connectivity index is 2.15. The van der Waals surface area contributed by atoms with Gasteiger partial charge in [0.05, 0.1) is 18.8 Å². The van der Waals surface area contributed by atoms with Crippen molar-refractivity contribution >= 4 is 0 Å². The maximum absolute atomic E-state index is 6.13. The van der Waals surface area contributed by atoms with Gasteiger partial charge in [0.2, 0.25) is 0 Å². The van der Waals surface area contributed by atoms with Crippen LogP contribution in [0.5, 0.6) is 5.75 Å². The molecule has 0 radical (unpaired) electrons. The largest absolute Gasteiger partial charge is 0.496 e. The SMILES string of the molecule is COc1ccccc1CC(N)c1ccn(C)n1. The average molecular weight is 231 g/mol. The summed E-state index contributed by atoms with van der Waals surface area (Å²) in [6.07, 6.45) is 2.62. The second-order valence-electron chi connectivity index (χ2n) is 4.04. The highest BCUT2D eigenvalue weighted by Crippen LogP contribution is 2.22. The van der Waals surface area contributed by atoms with Gasteiger partial charge >= 0.3 is 0 Å². The number of nitrogens with zero attached hydrogens (tertiary/aromatic N) is 2. The molecule has 2 N–H and O–H groups in total. The van der Waals surface area contributed by atoms with Crippen LogP contribution in [-0.2, 0) is 13.5 Å². The molecule has 1 heterocycles. The van der Waals surface area contributed by atoms with Crippen LogP contribution < -0.4 is 10.5 Å². The molecule has 0 saturated carbocycles. The first kappa shape index (κ1) is 11.7. The number of aromatic nitrogens is 2. The van der Waals surface area contributed by atoms with Crippen molar-refractivity contribution in [1.82, 2.24) is 9.78 Å². The molecule has 4 heteroatoms. The first-order valence-electron chi connectivity index (χ1n) is 5.57. The highest BCUT2D eigenvalue weighted by atomic mass is 16.5. The molecule has 90 valence electrons. The van der Waals surface area contributed by atoms with Crippen LogP contribution in [-0.4, -0.2) is 16.9 Å². The van der Waals surface area contributed by atoms with Gasteiger partial charge in [0.25, 0.3) is 0 Å². The Morgan fingerprint density at radius 3 is 2.76 bits per heavy atom. The number of ether oxygens (including phenoxy) is 1. The Morgan fingerprint density at radius 2 is 2.12 bits per heavy atom. The van der Waals surface area contributed by atoms with E-state index in [1.807, 2.05) is 43.6 Å². The van der Waals surface area contributed by atoms with Gasteiger partial charge in [-0.05, 0) is 24.1 Å². The zero-order valence-corrected chi connectivity index (χ0v) is 10.1. The van der Waals surface area contributed by atoms with Gasteiger partial charge in [0, 0.05) is 13.2 Å². The number of rotatable bonds is 4. The standard InChI is InChI=1S/C13H17N3O/c1-16-8-7-12(15-16)11(14)9-10-5-3-4-6-13(10)17-2/h3-8,11H,9,14H2,1-2H3. The highest BCUT2D eigenvalue weighted by molar-refractivity contribution is 5.34. The molecule has 0 spiro atoms. The smallest absolute Gasteiger partial charge is 0.122 e. The molecule has 0 saturated heterocycles. The van der Waals surface area contributed by atoms with Crippen LogP contribution in [0.1, 0.15) is 17.3 Å². The predicted octanol–water partition coefficient (Wildman–Crippen LogP) is 1.67. The molecular weight excluding hydrogens is 214 g/mol. The van der Waals surface area contributed by atoms with Crippen molar-refractivity contribution in [3.05, 3.63) is 47.8 Å². The number of hydrogen-bond donors (Lipinski definition) is 1. The molecule has 4 nitrogen and oxygen atoms in total. The molecule has 0 bridgehead atoms. The monoisotopic (exact) mass is 231 g/mol. The summed E-state index contributed by atoms with van der Waals surface area (Å²) in [7, 11) is 3.56. The van der Waals surface area contributed by atoms with Crippen molar-refractivity contribution in [3.8, 4) is 5.75 Å². The number of hydrogen-bond acceptors (Lipinski definition) is 3. The fraction of sp³-hybridized carbons (Fsp3) is 0.308. The van der Waals surface area contributed by atoms with Crippen LogP contribution in [0, 0.1) is 0 Å². The lowest BCUT2D eigenvalue weighted by Crippen LogP contribution is -2.14. The zero-order chi connectivity index (χ0) is 12.3. The van der Waals surface area contributed by atoms with E-state index >= 15 is 0 Å². The fourth-order valence-electron chi connectivity index (χ4n) is 1.84. The molecule has 1 atom stereocenters. The normalized spacial score (nSPS) is 12.4. The molecule has 0 aliphatic carbocycles. The number of aryl methyl sites for hydroxylation is 1. The molecule has 0 aliphatic heterocycles. The van der Waals surface area contributed by atoms with Crippen molar-refractivity contribution in [3.63, 3.8) is 0 Å². The number of benzene rings is 1. The summed E-state index contributed by atoms with van der Waals surface area (Å²) in [4.78, 5) is 0. The lowest BCUT2D eigenvalue weighted by atomic mass is 10.0. The Kier molecular flexibility index (Phi) is 3.44. The minimum Gasteiger partial charge on any atom is -0.496 e. The third kappa shape index (κ3) is 2.65. The molecule has 2 rings (SSSR count). The highest BCUT2D eigenvalue weighted by Gasteiger charge is 2.12. The second-order valence-corrected chi connectivity index (χ2v) is 4.04. The van der Waals surface area contributed by atoms with E-state index in [0.29, 0.717) is 0 Å². The van der Waals surface area contributed by atoms with E-state index in [4.69, 9.17) is 10.5 Å². The van der Waals surface area contributed by atoms with Crippen molar-refractivity contribution in [2.24, 2.45) is 12.8 Å². The summed E-state index contributed by atoms with van der Waals surface area (Å²) in [5, 5.41) is 4.31. The zero-order valence-electron chi connectivity index (χ0n) is 10.1. The maximum Gasteiger partial charge on any atom is 0.122 e. The number of para-hydroxylation sites is 1. The van der Waals surface area contributed by atoms with E-state index in [0.717, 1.165) is 23.4 Å². The second kappa shape index (κ2) is 5.01. The first-order chi connectivity index (χ1) is 8.20. The summed E-state index contributed by atoms with van der Waals surface area (Å²) < 4.78 is 7.07. The minimum atomic E-state index is -0.104. The third-order valence-electron chi connectivity index (χ3n) is 2.75. The first-order valence-corrected chi connectivity index (χ1v) is 5.57. The molecule has 1 aromatic carbocycles. The van der Waals surface area contributed by atoms with E-state index in [-0.39, 0.29) is 6.04 Å². The summed E-state index contributed by atoms with van der Waals surface area (Å²) in [5.74, 6) is 0.874. The van der Waals surface area contributed by atoms with E-state index < -0.39 is 0 Å². The van der Waals surface area contributed by atoms with Crippen molar-refractivity contribution in [2.45, 2.75) is 12.5 Å². The number of methoxy groups -OCH3 is 1. The predicted molar refractivity (Wildman–Crippen MR) is 66.8 cm³/mol. The molecule has 2 aromatic rings. The fourth-order valence-corrected chi connectivity index (χ4v) is 1.84. The summed E-state index contributed by atoms with van der Waals surface area (Å²) >= 11 is 0. The van der Waals surface area contributed by atoms with Crippen LogP contribution in [0.4, 0.5) is 0 Å². The molecule has 0 fully saturated rings. The van der Waals surface area contributed by atoms with Gasteiger partial charge in [-0.1, -0.05) is 18.2 Å². The van der Waals surface area contributed by atoms with Crippen LogP contribution in [0.3, 0.4) is 0 Å².